The summed E-state index contributed by atoms with van der Waals surface area (Å²) in [5, 5.41) is 2.48. The lowest BCUT2D eigenvalue weighted by Crippen LogP contribution is -2.20. The molecule has 27 heavy (non-hydrogen) atoms. The lowest BCUT2D eigenvalue weighted by Gasteiger charge is -2.01. The van der Waals surface area contributed by atoms with Gasteiger partial charge in [0.2, 0.25) is 6.79 Å². The maximum atomic E-state index is 12.4. The Bertz CT molecular complexity index is 1110. The van der Waals surface area contributed by atoms with Gasteiger partial charge < -0.3 is 9.47 Å². The number of halogens is 1. The third kappa shape index (κ3) is 3.66. The number of hydrogen-bond donors (Lipinski definition) is 1. The van der Waals surface area contributed by atoms with E-state index in [0.717, 1.165) is 11.8 Å². The van der Waals surface area contributed by atoms with Crippen molar-refractivity contribution in [2.75, 3.05) is 6.79 Å². The van der Waals surface area contributed by atoms with Crippen LogP contribution in [0.2, 0.25) is 5.02 Å². The van der Waals surface area contributed by atoms with Crippen LogP contribution in [0, 0.1) is 0 Å². The largest absolute Gasteiger partial charge is 0.454 e. The lowest BCUT2D eigenvalue weighted by atomic mass is 10.2. The zero-order valence-corrected chi connectivity index (χ0v) is 15.9. The number of fused-ring (bicyclic) bond motifs is 1. The first-order valence-corrected chi connectivity index (χ1v) is 10.3. The molecule has 0 aliphatic carbocycles. The quantitative estimate of drug-likeness (QED) is 0.764. The summed E-state index contributed by atoms with van der Waals surface area (Å²) >= 11 is 6.86. The van der Waals surface area contributed by atoms with E-state index >= 15 is 0 Å². The summed E-state index contributed by atoms with van der Waals surface area (Å²) < 4.78 is 39.1. The van der Waals surface area contributed by atoms with Crippen molar-refractivity contribution in [1.82, 2.24) is 5.32 Å². The summed E-state index contributed by atoms with van der Waals surface area (Å²) in [5.41, 5.74) is 0.715. The minimum Gasteiger partial charge on any atom is -0.454 e. The monoisotopic (exact) mass is 422 g/mol. The highest BCUT2D eigenvalue weighted by atomic mass is 35.5. The predicted octanol–water partition coefficient (Wildman–Crippen LogP) is 3.02. The van der Waals surface area contributed by atoms with Crippen LogP contribution in [0.5, 0.6) is 11.5 Å². The molecule has 7 nitrogen and oxygen atoms in total. The average Bonchev–Trinajstić information content (AvgIpc) is 3.21. The highest BCUT2D eigenvalue weighted by Crippen LogP contribution is 2.35. The highest BCUT2D eigenvalue weighted by molar-refractivity contribution is 8.19. The minimum absolute atomic E-state index is 0.0353. The number of nitrogens with zero attached hydrogens (tertiary/aromatic N) is 1. The second-order valence-electron chi connectivity index (χ2n) is 5.48. The number of thioether (sulfide) groups is 1. The standard InChI is InChI=1S/C17H11ClN2O5S2/c18-11-3-1-2-4-15(11)27(22,23)20-17-19-16(21)14(26-17)8-10-5-6-12-13(7-10)25-9-24-12/h1-8H,9H2,(H,19,20,21)/b14-8+. The smallest absolute Gasteiger partial charge is 0.286 e. The lowest BCUT2D eigenvalue weighted by molar-refractivity contribution is -0.115. The van der Waals surface area contributed by atoms with E-state index in [1.165, 1.54) is 12.1 Å². The van der Waals surface area contributed by atoms with Gasteiger partial charge in [-0.15, -0.1) is 4.40 Å². The summed E-state index contributed by atoms with van der Waals surface area (Å²) in [6.45, 7) is 0.154. The van der Waals surface area contributed by atoms with Gasteiger partial charge in [-0.25, -0.2) is 0 Å². The van der Waals surface area contributed by atoms with Gasteiger partial charge in [-0.3, -0.25) is 10.1 Å². The summed E-state index contributed by atoms with van der Waals surface area (Å²) in [6.07, 6.45) is 1.62. The Balaban J connectivity index is 1.60. The molecule has 0 unspecified atom stereocenters. The van der Waals surface area contributed by atoms with E-state index < -0.39 is 15.9 Å². The molecule has 2 heterocycles. The summed E-state index contributed by atoms with van der Waals surface area (Å²) in [4.78, 5) is 12.3. The van der Waals surface area contributed by atoms with Crippen LogP contribution in [0.3, 0.4) is 0 Å². The molecule has 1 amide bonds. The third-order valence-electron chi connectivity index (χ3n) is 3.66. The van der Waals surface area contributed by atoms with Crippen molar-refractivity contribution in [3.05, 3.63) is 58.0 Å². The number of carbonyl (C=O) groups is 1. The Morgan fingerprint density at radius 2 is 1.93 bits per heavy atom. The van der Waals surface area contributed by atoms with Gasteiger partial charge in [0.05, 0.1) is 9.93 Å². The fourth-order valence-corrected chi connectivity index (χ4v) is 4.93. The van der Waals surface area contributed by atoms with Crippen molar-refractivity contribution in [1.29, 1.82) is 0 Å². The number of benzene rings is 2. The van der Waals surface area contributed by atoms with Gasteiger partial charge in [0.25, 0.3) is 15.9 Å². The number of carbonyl (C=O) groups excluding carboxylic acids is 1. The molecule has 138 valence electrons. The van der Waals surface area contributed by atoms with Crippen LogP contribution < -0.4 is 14.8 Å². The van der Waals surface area contributed by atoms with E-state index in [1.54, 1.807) is 36.4 Å². The second kappa shape index (κ2) is 6.91. The van der Waals surface area contributed by atoms with Crippen molar-refractivity contribution >= 4 is 50.5 Å². The van der Waals surface area contributed by atoms with Gasteiger partial charge in [0.15, 0.2) is 16.7 Å². The van der Waals surface area contributed by atoms with Gasteiger partial charge in [0.1, 0.15) is 4.90 Å². The molecule has 0 aromatic heterocycles. The van der Waals surface area contributed by atoms with Crippen LogP contribution in [0.15, 0.2) is 56.7 Å². The molecule has 10 heteroatoms. The van der Waals surface area contributed by atoms with E-state index in [9.17, 15) is 13.2 Å². The Hall–Kier alpha value is -2.49. The Kier molecular flexibility index (Phi) is 4.58. The number of ether oxygens (including phenoxy) is 2. The zero-order valence-electron chi connectivity index (χ0n) is 13.5. The first kappa shape index (κ1) is 17.9. The maximum Gasteiger partial charge on any atom is 0.286 e. The Labute approximate surface area is 164 Å². The van der Waals surface area contributed by atoms with E-state index in [-0.39, 0.29) is 21.9 Å². The van der Waals surface area contributed by atoms with Gasteiger partial charge in [0, 0.05) is 0 Å². The number of rotatable bonds is 3. The molecule has 2 aliphatic heterocycles. The van der Waals surface area contributed by atoms with Crippen LogP contribution in [-0.4, -0.2) is 26.3 Å². The summed E-state index contributed by atoms with van der Waals surface area (Å²) in [5.74, 6) is 0.780. The molecule has 0 saturated carbocycles. The highest BCUT2D eigenvalue weighted by Gasteiger charge is 2.27. The fraction of sp³-hybridized carbons (Fsp3) is 0.0588. The normalized spacial score (nSPS) is 18.9. The van der Waals surface area contributed by atoms with Crippen molar-refractivity contribution in [3.63, 3.8) is 0 Å². The van der Waals surface area contributed by atoms with E-state index in [4.69, 9.17) is 21.1 Å². The molecule has 0 spiro atoms. The van der Waals surface area contributed by atoms with Gasteiger partial charge in [-0.05, 0) is 47.7 Å². The van der Waals surface area contributed by atoms with Crippen LogP contribution in [-0.2, 0) is 14.8 Å². The molecule has 1 N–H and O–H groups in total. The first-order valence-electron chi connectivity index (χ1n) is 7.62. The van der Waals surface area contributed by atoms with E-state index in [1.807, 2.05) is 0 Å². The third-order valence-corrected chi connectivity index (χ3v) is 6.46. The molecule has 2 aliphatic rings. The van der Waals surface area contributed by atoms with Crippen LogP contribution in [0.4, 0.5) is 0 Å². The fourth-order valence-electron chi connectivity index (χ4n) is 2.44. The average molecular weight is 423 g/mol. The molecular formula is C17H11ClN2O5S2. The van der Waals surface area contributed by atoms with Crippen molar-refractivity contribution in [2.45, 2.75) is 4.90 Å². The summed E-state index contributed by atoms with van der Waals surface area (Å²) in [7, 11) is -4.05. The van der Waals surface area contributed by atoms with Crippen molar-refractivity contribution < 1.29 is 22.7 Å². The predicted molar refractivity (Wildman–Crippen MR) is 102 cm³/mol. The molecule has 2 aromatic carbocycles. The number of hydrogen-bond acceptors (Lipinski definition) is 6. The molecule has 0 radical (unpaired) electrons. The Morgan fingerprint density at radius 1 is 1.15 bits per heavy atom. The maximum absolute atomic E-state index is 12.4. The number of sulfonamides is 1. The zero-order chi connectivity index (χ0) is 19.0. The SMILES string of the molecule is O=C1N/C(=N\S(=O)(=O)c2ccccc2Cl)S/C1=C/c1ccc2c(c1)OCO2. The Morgan fingerprint density at radius 3 is 2.74 bits per heavy atom. The van der Waals surface area contributed by atoms with Gasteiger partial charge in [-0.2, -0.15) is 8.42 Å². The molecule has 1 saturated heterocycles. The van der Waals surface area contributed by atoms with E-state index in [2.05, 4.69) is 9.71 Å². The van der Waals surface area contributed by atoms with Gasteiger partial charge >= 0.3 is 0 Å². The number of amides is 1. The first-order chi connectivity index (χ1) is 12.9. The van der Waals surface area contributed by atoms with E-state index in [0.29, 0.717) is 22.0 Å². The number of amidine groups is 1. The molecule has 0 bridgehead atoms. The van der Waals surface area contributed by atoms with Crippen molar-refractivity contribution in [2.24, 2.45) is 4.40 Å². The topological polar surface area (TPSA) is 94.1 Å². The molecular weight excluding hydrogens is 412 g/mol. The van der Waals surface area contributed by atoms with Crippen molar-refractivity contribution in [3.8, 4) is 11.5 Å². The number of nitrogens with one attached hydrogen (secondary N) is 1. The van der Waals surface area contributed by atoms with Crippen LogP contribution in [0.1, 0.15) is 5.56 Å². The van der Waals surface area contributed by atoms with Gasteiger partial charge in [-0.1, -0.05) is 29.8 Å². The second-order valence-corrected chi connectivity index (χ2v) is 8.49. The summed E-state index contributed by atoms with van der Waals surface area (Å²) in [6, 6.07) is 11.2. The molecule has 0 atom stereocenters. The molecule has 2 aromatic rings. The van der Waals surface area contributed by atoms with Crippen LogP contribution >= 0.6 is 23.4 Å². The molecule has 4 rings (SSSR count). The minimum atomic E-state index is -4.05. The van der Waals surface area contributed by atoms with Crippen LogP contribution in [0.25, 0.3) is 6.08 Å². The molecule has 1 fully saturated rings.